The Balaban J connectivity index is 1.61. The maximum absolute atomic E-state index is 13.6. The summed E-state index contributed by atoms with van der Waals surface area (Å²) in [6, 6.07) is 19.2. The summed E-state index contributed by atoms with van der Waals surface area (Å²) < 4.78 is 12.6. The number of aliphatic hydroxyl groups is 1. The number of ketones is 1. The highest BCUT2D eigenvalue weighted by molar-refractivity contribution is 7.22. The van der Waals surface area contributed by atoms with Gasteiger partial charge in [0.1, 0.15) is 17.3 Å². The fraction of sp³-hybridized carbons (Fsp3) is 0.303. The molecular weight excluding hydrogens is 536 g/mol. The minimum Gasteiger partial charge on any atom is -0.507 e. The zero-order valence-electron chi connectivity index (χ0n) is 23.7. The summed E-state index contributed by atoms with van der Waals surface area (Å²) >= 11 is 1.34. The number of rotatable bonds is 10. The van der Waals surface area contributed by atoms with E-state index in [1.165, 1.54) is 16.2 Å². The Morgan fingerprint density at radius 1 is 1.00 bits per heavy atom. The van der Waals surface area contributed by atoms with Crippen LogP contribution >= 0.6 is 11.3 Å². The summed E-state index contributed by atoms with van der Waals surface area (Å²) in [5, 5.41) is 11.9. The number of thiazole rings is 1. The van der Waals surface area contributed by atoms with Crippen LogP contribution in [0.15, 0.2) is 72.3 Å². The lowest BCUT2D eigenvalue weighted by molar-refractivity contribution is -0.132. The molecule has 0 bridgehead atoms. The second-order valence-corrected chi connectivity index (χ2v) is 11.6. The Morgan fingerprint density at radius 2 is 1.76 bits per heavy atom. The number of benzene rings is 3. The number of nitrogens with zero attached hydrogens (tertiary/aromatic N) is 2. The number of aliphatic hydroxyl groups excluding tert-OH is 1. The average molecular weight is 571 g/mol. The molecular formula is C33H34N2O5S. The maximum atomic E-state index is 13.6. The molecule has 0 radical (unpaired) electrons. The van der Waals surface area contributed by atoms with E-state index in [1.54, 1.807) is 24.3 Å². The molecule has 5 rings (SSSR count). The number of hydrogen-bond acceptors (Lipinski definition) is 7. The number of amides is 1. The maximum Gasteiger partial charge on any atom is 0.301 e. The molecule has 1 saturated heterocycles. The molecule has 2 heterocycles. The van der Waals surface area contributed by atoms with Crippen LogP contribution in [0.25, 0.3) is 16.0 Å². The number of Topliss-reactive ketones (excluding diaryl/α,β-unsaturated/α-hetero) is 1. The van der Waals surface area contributed by atoms with Gasteiger partial charge in [0.25, 0.3) is 5.78 Å². The number of hydrogen-bond donors (Lipinski definition) is 1. The van der Waals surface area contributed by atoms with Crippen molar-refractivity contribution >= 4 is 44.1 Å². The molecule has 4 aromatic rings. The van der Waals surface area contributed by atoms with Gasteiger partial charge < -0.3 is 14.6 Å². The predicted molar refractivity (Wildman–Crippen MR) is 163 cm³/mol. The van der Waals surface area contributed by atoms with Crippen molar-refractivity contribution in [3.8, 4) is 11.5 Å². The summed E-state index contributed by atoms with van der Waals surface area (Å²) in [5.41, 5.74) is 2.88. The zero-order chi connectivity index (χ0) is 29.1. The summed E-state index contributed by atoms with van der Waals surface area (Å²) in [7, 11) is 0. The third-order valence-electron chi connectivity index (χ3n) is 6.92. The second kappa shape index (κ2) is 12.1. The first-order chi connectivity index (χ1) is 19.8. The van der Waals surface area contributed by atoms with E-state index in [1.807, 2.05) is 56.3 Å². The normalized spacial score (nSPS) is 16.6. The zero-order valence-corrected chi connectivity index (χ0v) is 24.5. The van der Waals surface area contributed by atoms with Gasteiger partial charge in [-0.25, -0.2) is 4.98 Å². The third kappa shape index (κ3) is 5.98. The van der Waals surface area contributed by atoms with Crippen LogP contribution in [0.3, 0.4) is 0 Å². The molecule has 0 saturated carbocycles. The summed E-state index contributed by atoms with van der Waals surface area (Å²) in [6.07, 6.45) is 1.77. The van der Waals surface area contributed by atoms with E-state index in [2.05, 4.69) is 13.8 Å². The number of aromatic nitrogens is 1. The van der Waals surface area contributed by atoms with Crippen molar-refractivity contribution in [1.29, 1.82) is 0 Å². The second-order valence-electron chi connectivity index (χ2n) is 10.6. The molecule has 1 aliphatic heterocycles. The highest BCUT2D eigenvalue weighted by Crippen LogP contribution is 2.45. The fourth-order valence-electron chi connectivity index (χ4n) is 4.74. The van der Waals surface area contributed by atoms with Crippen LogP contribution in [0.4, 0.5) is 5.13 Å². The van der Waals surface area contributed by atoms with Crippen molar-refractivity contribution in [3.63, 3.8) is 0 Å². The van der Waals surface area contributed by atoms with E-state index in [0.717, 1.165) is 28.6 Å². The van der Waals surface area contributed by atoms with Gasteiger partial charge in [-0.05, 0) is 85.3 Å². The van der Waals surface area contributed by atoms with Crippen molar-refractivity contribution in [2.45, 2.75) is 46.6 Å². The fourth-order valence-corrected chi connectivity index (χ4v) is 5.83. The minimum atomic E-state index is -0.888. The highest BCUT2D eigenvalue weighted by atomic mass is 32.1. The van der Waals surface area contributed by atoms with Crippen LogP contribution in [0.2, 0.25) is 0 Å². The SMILES string of the molecule is CCCOc1ccc(/C(O)=C2\C(=O)C(=O)N(c3nc4ccc(C)cc4s3)C2c2cccc(OCCC(C)C)c2)cc1. The monoisotopic (exact) mass is 570 g/mol. The quantitative estimate of drug-likeness (QED) is 0.121. The van der Waals surface area contributed by atoms with Crippen LogP contribution in [0.1, 0.15) is 56.3 Å². The smallest absolute Gasteiger partial charge is 0.301 e. The van der Waals surface area contributed by atoms with E-state index in [-0.39, 0.29) is 11.3 Å². The lowest BCUT2D eigenvalue weighted by Gasteiger charge is -2.23. The number of anilines is 1. The lowest BCUT2D eigenvalue weighted by atomic mass is 9.95. The van der Waals surface area contributed by atoms with E-state index in [9.17, 15) is 14.7 Å². The van der Waals surface area contributed by atoms with Crippen LogP contribution in [-0.4, -0.2) is 35.0 Å². The van der Waals surface area contributed by atoms with E-state index in [0.29, 0.717) is 46.9 Å². The largest absolute Gasteiger partial charge is 0.507 e. The van der Waals surface area contributed by atoms with Crippen molar-refractivity contribution in [3.05, 3.63) is 89.0 Å². The number of aryl methyl sites for hydroxylation is 1. The van der Waals surface area contributed by atoms with Crippen molar-refractivity contribution in [2.75, 3.05) is 18.1 Å². The first-order valence-electron chi connectivity index (χ1n) is 13.9. The van der Waals surface area contributed by atoms with Crippen LogP contribution in [0, 0.1) is 12.8 Å². The van der Waals surface area contributed by atoms with E-state index in [4.69, 9.17) is 14.5 Å². The highest BCUT2D eigenvalue weighted by Gasteiger charge is 2.48. The Kier molecular flexibility index (Phi) is 8.40. The number of carbonyl (C=O) groups is 2. The van der Waals surface area contributed by atoms with E-state index < -0.39 is 17.7 Å². The molecule has 1 atom stereocenters. The van der Waals surface area contributed by atoms with Gasteiger partial charge in [-0.1, -0.05) is 50.3 Å². The van der Waals surface area contributed by atoms with E-state index >= 15 is 0 Å². The minimum absolute atomic E-state index is 0.00648. The number of fused-ring (bicyclic) bond motifs is 1. The molecule has 0 aliphatic carbocycles. The topological polar surface area (TPSA) is 89.0 Å². The van der Waals surface area contributed by atoms with Gasteiger partial charge in [0, 0.05) is 5.56 Å². The first-order valence-corrected chi connectivity index (χ1v) is 14.7. The number of carbonyl (C=O) groups excluding carboxylic acids is 2. The van der Waals surface area contributed by atoms with Gasteiger partial charge in [0.15, 0.2) is 5.13 Å². The first kappa shape index (κ1) is 28.4. The summed E-state index contributed by atoms with van der Waals surface area (Å²) in [5.74, 6) is 0.0388. The molecule has 1 amide bonds. The molecule has 41 heavy (non-hydrogen) atoms. The average Bonchev–Trinajstić information content (AvgIpc) is 3.49. The third-order valence-corrected chi connectivity index (χ3v) is 7.94. The van der Waals surface area contributed by atoms with Crippen molar-refractivity contribution in [2.24, 2.45) is 5.92 Å². The van der Waals surface area contributed by atoms with Crippen LogP contribution < -0.4 is 14.4 Å². The Morgan fingerprint density at radius 3 is 2.49 bits per heavy atom. The molecule has 1 aliphatic rings. The van der Waals surface area contributed by atoms with Gasteiger partial charge >= 0.3 is 5.91 Å². The van der Waals surface area contributed by atoms with Crippen molar-refractivity contribution < 1.29 is 24.2 Å². The molecule has 1 N–H and O–H groups in total. The summed E-state index contributed by atoms with van der Waals surface area (Å²) in [4.78, 5) is 33.4. The van der Waals surface area contributed by atoms with Crippen molar-refractivity contribution in [1.82, 2.24) is 4.98 Å². The molecule has 8 heteroatoms. The number of ether oxygens (including phenoxy) is 2. The molecule has 3 aromatic carbocycles. The van der Waals surface area contributed by atoms with Crippen LogP contribution in [0.5, 0.6) is 11.5 Å². The summed E-state index contributed by atoms with van der Waals surface area (Å²) in [6.45, 7) is 9.41. The standard InChI is InChI=1S/C33H34N2O5S/c1-5-16-39-24-12-10-22(11-13-24)30(36)28-29(23-7-6-8-25(19-23)40-17-15-20(2)3)35(32(38)31(28)37)33-34-26-14-9-21(4)18-27(26)41-33/h6-14,18-20,29,36H,5,15-17H2,1-4H3/b30-28+. The van der Waals surface area contributed by atoms with Gasteiger partial charge in [-0.15, -0.1) is 0 Å². The lowest BCUT2D eigenvalue weighted by Crippen LogP contribution is -2.29. The molecule has 1 unspecified atom stereocenters. The molecule has 1 fully saturated rings. The Bertz CT molecular complexity index is 1610. The molecule has 0 spiro atoms. The predicted octanol–water partition coefficient (Wildman–Crippen LogP) is 7.44. The molecule has 212 valence electrons. The van der Waals surface area contributed by atoms with Gasteiger partial charge in [-0.3, -0.25) is 14.5 Å². The molecule has 1 aromatic heterocycles. The van der Waals surface area contributed by atoms with Gasteiger partial charge in [-0.2, -0.15) is 0 Å². The Hall–Kier alpha value is -4.17. The van der Waals surface area contributed by atoms with Gasteiger partial charge in [0.2, 0.25) is 0 Å². The van der Waals surface area contributed by atoms with Gasteiger partial charge in [0.05, 0.1) is 35.0 Å². The van der Waals surface area contributed by atoms with Crippen LogP contribution in [-0.2, 0) is 9.59 Å². The Labute approximate surface area is 244 Å². The molecule has 7 nitrogen and oxygen atoms in total.